The summed E-state index contributed by atoms with van der Waals surface area (Å²) >= 11 is 3.14. The minimum Gasteiger partial charge on any atom is -0.272 e. The minimum absolute atomic E-state index is 0.0218. The highest BCUT2D eigenvalue weighted by Gasteiger charge is 2.46. The summed E-state index contributed by atoms with van der Waals surface area (Å²) in [5, 5.41) is -0.0705. The summed E-state index contributed by atoms with van der Waals surface area (Å²) in [5.74, 6) is 7.46. The zero-order chi connectivity index (χ0) is 16.1. The van der Waals surface area contributed by atoms with E-state index in [4.69, 9.17) is 0 Å². The number of carbonyl (C=O) groups is 1. The molecule has 0 saturated carbocycles. The second-order valence-electron chi connectivity index (χ2n) is 5.14. The maximum Gasteiger partial charge on any atom is 0.249 e. The normalized spacial score (nSPS) is 19.7. The van der Waals surface area contributed by atoms with Gasteiger partial charge in [0.1, 0.15) is 11.3 Å². The number of hydrogen-bond acceptors (Lipinski definition) is 3. The van der Waals surface area contributed by atoms with Crippen LogP contribution in [0.4, 0.5) is 0 Å². The van der Waals surface area contributed by atoms with E-state index in [9.17, 15) is 4.79 Å². The summed E-state index contributed by atoms with van der Waals surface area (Å²) in [4.78, 5) is 12.3. The number of rotatable bonds is 4. The van der Waals surface area contributed by atoms with Gasteiger partial charge in [-0.1, -0.05) is 60.4 Å². The average molecular weight is 339 g/mol. The zero-order valence-electron chi connectivity index (χ0n) is 12.8. The van der Waals surface area contributed by atoms with Crippen LogP contribution in [-0.2, 0) is 10.5 Å². The van der Waals surface area contributed by atoms with Crippen LogP contribution in [-0.4, -0.2) is 27.8 Å². The molecular formula is C19H17NOS2. The fourth-order valence-corrected chi connectivity index (χ4v) is 4.41. The van der Waals surface area contributed by atoms with Gasteiger partial charge < -0.3 is 0 Å². The molecule has 2 nitrogen and oxygen atoms in total. The Morgan fingerprint density at radius 3 is 2.35 bits per heavy atom. The van der Waals surface area contributed by atoms with Crippen molar-refractivity contribution in [3.05, 3.63) is 71.8 Å². The number of benzene rings is 2. The zero-order valence-corrected chi connectivity index (χ0v) is 14.4. The lowest BCUT2D eigenvalue weighted by Gasteiger charge is -2.42. The summed E-state index contributed by atoms with van der Waals surface area (Å²) in [6.45, 7) is 0. The Labute approximate surface area is 145 Å². The quantitative estimate of drug-likeness (QED) is 0.480. The fraction of sp³-hybridized carbons (Fsp3) is 0.211. The number of nitrogens with zero attached hydrogens (tertiary/aromatic N) is 1. The first-order chi connectivity index (χ1) is 11.3. The smallest absolute Gasteiger partial charge is 0.249 e. The third-order valence-electron chi connectivity index (χ3n) is 3.61. The van der Waals surface area contributed by atoms with Crippen molar-refractivity contribution in [2.45, 2.75) is 17.0 Å². The molecule has 0 aromatic heterocycles. The molecule has 2 unspecified atom stereocenters. The topological polar surface area (TPSA) is 20.3 Å². The van der Waals surface area contributed by atoms with E-state index in [1.807, 2.05) is 54.8 Å². The number of carbonyl (C=O) groups excluding carboxylic acids is 1. The van der Waals surface area contributed by atoms with Crippen molar-refractivity contribution in [3.8, 4) is 11.8 Å². The van der Waals surface area contributed by atoms with Gasteiger partial charge in [0.2, 0.25) is 5.91 Å². The lowest BCUT2D eigenvalue weighted by Crippen LogP contribution is -2.59. The number of amides is 1. The van der Waals surface area contributed by atoms with Crippen LogP contribution in [0.2, 0.25) is 0 Å². The van der Waals surface area contributed by atoms with Crippen molar-refractivity contribution in [2.75, 3.05) is 6.26 Å². The third-order valence-corrected chi connectivity index (χ3v) is 5.73. The minimum atomic E-state index is -0.0705. The molecule has 2 aromatic carbocycles. The molecule has 0 spiro atoms. The summed E-state index contributed by atoms with van der Waals surface area (Å²) in [5.41, 5.74) is 2.22. The lowest BCUT2D eigenvalue weighted by molar-refractivity contribution is -0.133. The van der Waals surface area contributed by atoms with Gasteiger partial charge in [-0.2, -0.15) is 0 Å². The molecule has 23 heavy (non-hydrogen) atoms. The molecule has 2 aromatic rings. The molecule has 4 heteroatoms. The van der Waals surface area contributed by atoms with E-state index in [1.165, 1.54) is 17.5 Å². The van der Waals surface area contributed by atoms with Crippen LogP contribution in [0.15, 0.2) is 60.7 Å². The van der Waals surface area contributed by atoms with Gasteiger partial charge in [-0.25, -0.2) is 0 Å². The molecule has 116 valence electrons. The Kier molecular flexibility index (Phi) is 5.32. The second-order valence-corrected chi connectivity index (χ2v) is 7.03. The lowest BCUT2D eigenvalue weighted by atomic mass is 10.1. The first-order valence-electron chi connectivity index (χ1n) is 7.39. The molecule has 1 amide bonds. The summed E-state index contributed by atoms with van der Waals surface area (Å²) in [6.07, 6.45) is 1.92. The van der Waals surface area contributed by atoms with Crippen LogP contribution < -0.4 is 0 Å². The first kappa shape index (κ1) is 16.0. The van der Waals surface area contributed by atoms with Crippen molar-refractivity contribution >= 4 is 29.6 Å². The Bertz CT molecular complexity index is 721. The van der Waals surface area contributed by atoms with E-state index in [0.717, 1.165) is 11.3 Å². The van der Waals surface area contributed by atoms with Gasteiger partial charge in [-0.3, -0.25) is 9.10 Å². The molecule has 3 rings (SSSR count). The van der Waals surface area contributed by atoms with Crippen LogP contribution in [0.3, 0.4) is 0 Å². The number of hydrogen-bond donors (Lipinski definition) is 0. The molecule has 1 fully saturated rings. The van der Waals surface area contributed by atoms with Crippen LogP contribution in [0, 0.1) is 11.8 Å². The van der Waals surface area contributed by atoms with E-state index in [2.05, 4.69) is 24.0 Å². The maximum absolute atomic E-state index is 12.3. The standard InChI is InChI=1S/C19H17NOS2/c1-22-20-17(13-12-15-8-4-2-5-9-15)18(19(20)21)23-14-16-10-6-3-7-11-16/h2-11,17-18H,14H2,1H3. The van der Waals surface area contributed by atoms with E-state index in [-0.39, 0.29) is 17.2 Å². The highest BCUT2D eigenvalue weighted by Crippen LogP contribution is 2.36. The van der Waals surface area contributed by atoms with Gasteiger partial charge in [0.25, 0.3) is 0 Å². The molecule has 0 bridgehead atoms. The van der Waals surface area contributed by atoms with Gasteiger partial charge in [0.05, 0.1) is 0 Å². The maximum atomic E-state index is 12.3. The Balaban J connectivity index is 1.69. The van der Waals surface area contributed by atoms with Gasteiger partial charge in [0, 0.05) is 17.6 Å². The van der Waals surface area contributed by atoms with Gasteiger partial charge in [-0.15, -0.1) is 11.8 Å². The summed E-state index contributed by atoms with van der Waals surface area (Å²) < 4.78 is 1.78. The molecule has 0 N–H and O–H groups in total. The number of β-lactam (4-membered cyclic amide) rings is 1. The fourth-order valence-electron chi connectivity index (χ4n) is 2.38. The van der Waals surface area contributed by atoms with Crippen molar-refractivity contribution in [1.29, 1.82) is 0 Å². The SMILES string of the molecule is CSN1C(=O)C(SCc2ccccc2)C1C#Cc1ccccc1. The molecule has 0 aliphatic carbocycles. The van der Waals surface area contributed by atoms with E-state index in [1.54, 1.807) is 16.1 Å². The van der Waals surface area contributed by atoms with E-state index >= 15 is 0 Å². The third kappa shape index (κ3) is 3.74. The molecular weight excluding hydrogens is 322 g/mol. The molecule has 1 saturated heterocycles. The van der Waals surface area contributed by atoms with Gasteiger partial charge in [0.15, 0.2) is 0 Å². The first-order valence-corrected chi connectivity index (χ1v) is 9.62. The molecule has 1 heterocycles. The largest absolute Gasteiger partial charge is 0.272 e. The Morgan fingerprint density at radius 1 is 1.04 bits per heavy atom. The van der Waals surface area contributed by atoms with E-state index in [0.29, 0.717) is 0 Å². The molecule has 1 aliphatic heterocycles. The Hall–Kier alpha value is -1.83. The monoisotopic (exact) mass is 339 g/mol. The van der Waals surface area contributed by atoms with E-state index < -0.39 is 0 Å². The van der Waals surface area contributed by atoms with Crippen molar-refractivity contribution in [1.82, 2.24) is 4.31 Å². The van der Waals surface area contributed by atoms with Crippen molar-refractivity contribution < 1.29 is 4.79 Å². The summed E-state index contributed by atoms with van der Waals surface area (Å²) in [7, 11) is 0. The van der Waals surface area contributed by atoms with Crippen LogP contribution in [0.25, 0.3) is 0 Å². The average Bonchev–Trinajstić information content (AvgIpc) is 2.60. The van der Waals surface area contributed by atoms with Gasteiger partial charge >= 0.3 is 0 Å². The molecule has 1 aliphatic rings. The van der Waals surface area contributed by atoms with Crippen molar-refractivity contribution in [3.63, 3.8) is 0 Å². The predicted molar refractivity (Wildman–Crippen MR) is 99.0 cm³/mol. The van der Waals surface area contributed by atoms with Crippen LogP contribution >= 0.6 is 23.7 Å². The summed E-state index contributed by atoms with van der Waals surface area (Å²) in [6, 6.07) is 20.1. The number of thioether (sulfide) groups is 1. The molecule has 0 radical (unpaired) electrons. The van der Waals surface area contributed by atoms with Crippen LogP contribution in [0.5, 0.6) is 0 Å². The van der Waals surface area contributed by atoms with Crippen molar-refractivity contribution in [2.24, 2.45) is 0 Å². The predicted octanol–water partition coefficient (Wildman–Crippen LogP) is 3.83. The molecule has 2 atom stereocenters. The second kappa shape index (κ2) is 7.63. The van der Waals surface area contributed by atoms with Crippen LogP contribution in [0.1, 0.15) is 11.1 Å². The highest BCUT2D eigenvalue weighted by molar-refractivity contribution is 8.01. The Morgan fingerprint density at radius 2 is 1.70 bits per heavy atom. The van der Waals surface area contributed by atoms with Gasteiger partial charge in [-0.05, 0) is 29.6 Å². The highest BCUT2D eigenvalue weighted by atomic mass is 32.2.